The minimum absolute atomic E-state index is 0.370. The molecule has 0 spiro atoms. The Bertz CT molecular complexity index is 335. The molecule has 1 aliphatic carbocycles. The smallest absolute Gasteiger partial charge is 0.228 e. The molecule has 2 aliphatic rings. The average Bonchev–Trinajstić information content (AvgIpc) is 3.10. The van der Waals surface area contributed by atoms with E-state index in [0.29, 0.717) is 12.6 Å². The van der Waals surface area contributed by atoms with Crippen LogP contribution in [0.3, 0.4) is 0 Å². The number of sulfonamides is 1. The van der Waals surface area contributed by atoms with Crippen molar-refractivity contribution in [2.24, 2.45) is 0 Å². The molecule has 6 heteroatoms. The van der Waals surface area contributed by atoms with Crippen LogP contribution in [0.4, 0.5) is 0 Å². The summed E-state index contributed by atoms with van der Waals surface area (Å²) in [5.41, 5.74) is 0. The highest BCUT2D eigenvalue weighted by Crippen LogP contribution is 2.18. The maximum Gasteiger partial charge on any atom is 0.228 e. The minimum atomic E-state index is -3.21. The van der Waals surface area contributed by atoms with Crippen LogP contribution in [0, 0.1) is 0 Å². The molecule has 1 heterocycles. The monoisotopic (exact) mass is 261 g/mol. The van der Waals surface area contributed by atoms with Gasteiger partial charge in [-0.2, -0.15) is 0 Å². The van der Waals surface area contributed by atoms with E-state index < -0.39 is 10.0 Å². The lowest BCUT2D eigenvalue weighted by Crippen LogP contribution is -2.49. The first-order valence-corrected chi connectivity index (χ1v) is 8.12. The maximum absolute atomic E-state index is 12.0. The lowest BCUT2D eigenvalue weighted by molar-refractivity contribution is 0.199. The number of piperidine rings is 1. The van der Waals surface area contributed by atoms with Crippen LogP contribution in [-0.4, -0.2) is 44.4 Å². The van der Waals surface area contributed by atoms with Gasteiger partial charge in [-0.15, -0.1) is 4.83 Å². The van der Waals surface area contributed by atoms with Crippen LogP contribution in [0.1, 0.15) is 39.0 Å². The summed E-state index contributed by atoms with van der Waals surface area (Å²) in [7, 11) is -3.21. The third kappa shape index (κ3) is 4.21. The van der Waals surface area contributed by atoms with Crippen LogP contribution in [0.15, 0.2) is 0 Å². The molecule has 17 heavy (non-hydrogen) atoms. The van der Waals surface area contributed by atoms with Gasteiger partial charge in [0.15, 0.2) is 0 Å². The van der Waals surface area contributed by atoms with Crippen molar-refractivity contribution in [1.29, 1.82) is 0 Å². The van der Waals surface area contributed by atoms with E-state index in [2.05, 4.69) is 10.1 Å². The molecule has 0 aromatic carbocycles. The van der Waals surface area contributed by atoms with E-state index in [0.717, 1.165) is 25.9 Å². The Labute approximate surface area is 104 Å². The number of nitrogens with one attached hydrogen (secondary N) is 2. The van der Waals surface area contributed by atoms with Crippen LogP contribution in [0.5, 0.6) is 0 Å². The zero-order valence-electron chi connectivity index (χ0n) is 10.5. The van der Waals surface area contributed by atoms with Gasteiger partial charge in [-0.25, -0.2) is 13.4 Å². The molecule has 100 valence electrons. The Kier molecular flexibility index (Phi) is 4.41. The van der Waals surface area contributed by atoms with Crippen LogP contribution in [0.2, 0.25) is 0 Å². The number of hydrogen-bond donors (Lipinski definition) is 2. The molecule has 2 rings (SSSR count). The van der Waals surface area contributed by atoms with E-state index in [1.54, 1.807) is 6.92 Å². The Hall–Kier alpha value is -0.170. The number of hydrogen-bond acceptors (Lipinski definition) is 4. The van der Waals surface area contributed by atoms with E-state index in [4.69, 9.17) is 0 Å². The van der Waals surface area contributed by atoms with Gasteiger partial charge in [0.2, 0.25) is 10.0 Å². The minimum Gasteiger partial charge on any atom is -0.313 e. The van der Waals surface area contributed by atoms with E-state index in [1.165, 1.54) is 19.3 Å². The molecule has 2 fully saturated rings. The molecule has 0 aromatic rings. The van der Waals surface area contributed by atoms with Crippen LogP contribution >= 0.6 is 0 Å². The van der Waals surface area contributed by atoms with Gasteiger partial charge in [-0.05, 0) is 32.6 Å². The highest BCUT2D eigenvalue weighted by molar-refractivity contribution is 7.90. The second kappa shape index (κ2) is 5.65. The van der Waals surface area contributed by atoms with Crippen molar-refractivity contribution in [1.82, 2.24) is 15.2 Å². The summed E-state index contributed by atoms with van der Waals surface area (Å²) in [5.74, 6) is 0. The molecule has 0 aromatic heterocycles. The molecule has 2 N–H and O–H groups in total. The van der Waals surface area contributed by atoms with E-state index >= 15 is 0 Å². The zero-order valence-corrected chi connectivity index (χ0v) is 11.3. The van der Waals surface area contributed by atoms with Crippen molar-refractivity contribution < 1.29 is 8.42 Å². The number of nitrogens with zero attached hydrogens (tertiary/aromatic N) is 1. The fraction of sp³-hybridized carbons (Fsp3) is 1.00. The third-order valence-corrected chi connectivity index (χ3v) is 5.15. The van der Waals surface area contributed by atoms with Gasteiger partial charge in [0, 0.05) is 25.7 Å². The van der Waals surface area contributed by atoms with Crippen LogP contribution < -0.4 is 10.1 Å². The van der Waals surface area contributed by atoms with Gasteiger partial charge in [-0.1, -0.05) is 6.42 Å². The van der Waals surface area contributed by atoms with Crippen molar-refractivity contribution in [3.63, 3.8) is 0 Å². The SMILES string of the molecule is CC(CNC1CC1)S(=O)(=O)NN1CCCCC1. The van der Waals surface area contributed by atoms with Crippen molar-refractivity contribution >= 4 is 10.0 Å². The maximum atomic E-state index is 12.0. The molecule has 0 amide bonds. The fourth-order valence-corrected chi connectivity index (χ4v) is 3.02. The second-order valence-corrected chi connectivity index (χ2v) is 7.25. The topological polar surface area (TPSA) is 61.4 Å². The fourth-order valence-electron chi connectivity index (χ4n) is 1.98. The summed E-state index contributed by atoms with van der Waals surface area (Å²) in [4.78, 5) is 2.70. The Morgan fingerprint density at radius 1 is 1.24 bits per heavy atom. The highest BCUT2D eigenvalue weighted by atomic mass is 32.2. The van der Waals surface area contributed by atoms with Crippen molar-refractivity contribution in [2.45, 2.75) is 50.3 Å². The quantitative estimate of drug-likeness (QED) is 0.729. The lowest BCUT2D eigenvalue weighted by atomic mass is 10.2. The lowest BCUT2D eigenvalue weighted by Gasteiger charge is -2.28. The van der Waals surface area contributed by atoms with Crippen molar-refractivity contribution in [2.75, 3.05) is 19.6 Å². The summed E-state index contributed by atoms with van der Waals surface area (Å²) in [6.07, 6.45) is 5.74. The van der Waals surface area contributed by atoms with E-state index in [-0.39, 0.29) is 5.25 Å². The van der Waals surface area contributed by atoms with Crippen molar-refractivity contribution in [3.05, 3.63) is 0 Å². The standard InChI is InChI=1S/C11H23N3O2S/c1-10(9-12-11-5-6-11)17(15,16)13-14-7-3-2-4-8-14/h10-13H,2-9H2,1H3. The Balaban J connectivity index is 1.78. The van der Waals surface area contributed by atoms with Crippen LogP contribution in [0.25, 0.3) is 0 Å². The number of rotatable bonds is 6. The van der Waals surface area contributed by atoms with Crippen molar-refractivity contribution in [3.8, 4) is 0 Å². The van der Waals surface area contributed by atoms with Gasteiger partial charge in [0.1, 0.15) is 0 Å². The van der Waals surface area contributed by atoms with Gasteiger partial charge >= 0.3 is 0 Å². The summed E-state index contributed by atoms with van der Waals surface area (Å²) in [6, 6.07) is 0.558. The molecule has 0 bridgehead atoms. The third-order valence-electron chi connectivity index (χ3n) is 3.41. The molecule has 1 atom stereocenters. The van der Waals surface area contributed by atoms with Gasteiger partial charge in [0.25, 0.3) is 0 Å². The second-order valence-electron chi connectivity index (χ2n) is 5.18. The first-order valence-electron chi connectivity index (χ1n) is 6.57. The summed E-state index contributed by atoms with van der Waals surface area (Å²) in [5, 5.41) is 4.73. The molecule has 1 saturated carbocycles. The van der Waals surface area contributed by atoms with Crippen LogP contribution in [-0.2, 0) is 10.0 Å². The summed E-state index contributed by atoms with van der Waals surface area (Å²) >= 11 is 0. The molecule has 1 unspecified atom stereocenters. The molecular weight excluding hydrogens is 238 g/mol. The van der Waals surface area contributed by atoms with E-state index in [9.17, 15) is 8.42 Å². The Morgan fingerprint density at radius 2 is 1.88 bits per heavy atom. The van der Waals surface area contributed by atoms with Gasteiger partial charge in [0.05, 0.1) is 5.25 Å². The first-order chi connectivity index (χ1) is 8.08. The zero-order chi connectivity index (χ0) is 12.3. The molecule has 5 nitrogen and oxygen atoms in total. The normalized spacial score (nSPS) is 24.8. The molecular formula is C11H23N3O2S. The molecule has 1 aliphatic heterocycles. The summed E-state index contributed by atoms with van der Waals surface area (Å²) in [6.45, 7) is 3.99. The number of hydrazine groups is 1. The predicted molar refractivity (Wildman–Crippen MR) is 68.0 cm³/mol. The average molecular weight is 261 g/mol. The van der Waals surface area contributed by atoms with Gasteiger partial charge < -0.3 is 5.32 Å². The van der Waals surface area contributed by atoms with Gasteiger partial charge in [-0.3, -0.25) is 0 Å². The highest BCUT2D eigenvalue weighted by Gasteiger charge is 2.27. The Morgan fingerprint density at radius 3 is 2.47 bits per heavy atom. The predicted octanol–water partition coefficient (Wildman–Crippen LogP) is 0.447. The van der Waals surface area contributed by atoms with E-state index in [1.807, 2.05) is 5.01 Å². The molecule has 0 radical (unpaired) electrons. The first kappa shape index (κ1) is 13.3. The largest absolute Gasteiger partial charge is 0.313 e. The summed E-state index contributed by atoms with van der Waals surface area (Å²) < 4.78 is 24.1. The molecule has 1 saturated heterocycles.